The Bertz CT molecular complexity index is 3140. The number of benzene rings is 8. The molecule has 0 radical (unpaired) electrons. The Labute approximate surface area is 310 Å². The molecule has 5 heteroatoms. The maximum Gasteiger partial charge on any atom is 0.164 e. The molecule has 11 rings (SSSR count). The minimum atomic E-state index is 0.601. The summed E-state index contributed by atoms with van der Waals surface area (Å²) in [6.07, 6.45) is 0. The van der Waals surface area contributed by atoms with E-state index < -0.39 is 0 Å². The van der Waals surface area contributed by atoms with Gasteiger partial charge in [-0.2, -0.15) is 0 Å². The topological polar surface area (TPSA) is 56.7 Å². The zero-order valence-electron chi connectivity index (χ0n) is 29.0. The molecule has 0 fully saturated rings. The van der Waals surface area contributed by atoms with Gasteiger partial charge in [-0.25, -0.2) is 15.0 Å². The summed E-state index contributed by atoms with van der Waals surface area (Å²) in [4.78, 5) is 15.0. The van der Waals surface area contributed by atoms with Crippen LogP contribution in [0.4, 0.5) is 0 Å². The molecule has 54 heavy (non-hydrogen) atoms. The predicted molar refractivity (Wildman–Crippen MR) is 221 cm³/mol. The third-order valence-corrected chi connectivity index (χ3v) is 10.4. The minimum Gasteiger partial charge on any atom is -0.456 e. The van der Waals surface area contributed by atoms with Crippen molar-refractivity contribution in [1.82, 2.24) is 19.5 Å². The third kappa shape index (κ3) is 4.83. The van der Waals surface area contributed by atoms with Gasteiger partial charge in [0.2, 0.25) is 0 Å². The Morgan fingerprint density at radius 2 is 1.02 bits per heavy atom. The lowest BCUT2D eigenvalue weighted by molar-refractivity contribution is 0.669. The van der Waals surface area contributed by atoms with E-state index in [2.05, 4.69) is 114 Å². The quantitative estimate of drug-likeness (QED) is 0.180. The van der Waals surface area contributed by atoms with Crippen LogP contribution >= 0.6 is 0 Å². The van der Waals surface area contributed by atoms with Gasteiger partial charge in [-0.1, -0.05) is 140 Å². The molecule has 0 spiro atoms. The van der Waals surface area contributed by atoms with E-state index in [1.165, 1.54) is 32.6 Å². The zero-order valence-corrected chi connectivity index (χ0v) is 29.0. The van der Waals surface area contributed by atoms with Crippen molar-refractivity contribution in [3.63, 3.8) is 0 Å². The van der Waals surface area contributed by atoms with Gasteiger partial charge in [-0.05, 0) is 59.0 Å². The van der Waals surface area contributed by atoms with Crippen molar-refractivity contribution in [2.75, 3.05) is 0 Å². The Morgan fingerprint density at radius 3 is 1.76 bits per heavy atom. The minimum absolute atomic E-state index is 0.601. The van der Waals surface area contributed by atoms with E-state index in [4.69, 9.17) is 19.4 Å². The maximum absolute atomic E-state index is 6.48. The molecule has 0 aliphatic rings. The number of nitrogens with zero attached hydrogens (tertiary/aromatic N) is 4. The van der Waals surface area contributed by atoms with Crippen molar-refractivity contribution in [2.45, 2.75) is 0 Å². The molecule has 0 saturated carbocycles. The predicted octanol–water partition coefficient (Wildman–Crippen LogP) is 12.7. The van der Waals surface area contributed by atoms with Gasteiger partial charge >= 0.3 is 0 Å². The van der Waals surface area contributed by atoms with Crippen molar-refractivity contribution in [2.24, 2.45) is 0 Å². The van der Waals surface area contributed by atoms with Crippen LogP contribution in [0.25, 0.3) is 105 Å². The van der Waals surface area contributed by atoms with E-state index in [1.807, 2.05) is 72.8 Å². The lowest BCUT2D eigenvalue weighted by atomic mass is 9.99. The summed E-state index contributed by atoms with van der Waals surface area (Å²) in [5, 5.41) is 6.89. The van der Waals surface area contributed by atoms with Gasteiger partial charge < -0.3 is 8.98 Å². The van der Waals surface area contributed by atoms with E-state index in [-0.39, 0.29) is 0 Å². The van der Waals surface area contributed by atoms with Crippen LogP contribution in [0.15, 0.2) is 186 Å². The number of fused-ring (bicyclic) bond motifs is 8. The molecular formula is C49H30N4O. The van der Waals surface area contributed by atoms with Crippen molar-refractivity contribution in [1.29, 1.82) is 0 Å². The first-order chi connectivity index (χ1) is 26.8. The number of furan rings is 1. The number of rotatable bonds is 5. The highest BCUT2D eigenvalue weighted by Crippen LogP contribution is 2.41. The van der Waals surface area contributed by atoms with E-state index in [9.17, 15) is 0 Å². The van der Waals surface area contributed by atoms with Crippen LogP contribution in [0.5, 0.6) is 0 Å². The van der Waals surface area contributed by atoms with Crippen LogP contribution in [0.1, 0.15) is 0 Å². The highest BCUT2D eigenvalue weighted by atomic mass is 16.3. The van der Waals surface area contributed by atoms with Crippen LogP contribution < -0.4 is 0 Å². The maximum atomic E-state index is 6.48. The van der Waals surface area contributed by atoms with E-state index in [0.29, 0.717) is 17.5 Å². The summed E-state index contributed by atoms with van der Waals surface area (Å²) in [6.45, 7) is 0. The fourth-order valence-electron chi connectivity index (χ4n) is 7.93. The highest BCUT2D eigenvalue weighted by Gasteiger charge is 2.20. The molecule has 8 aromatic carbocycles. The number of para-hydroxylation sites is 1. The van der Waals surface area contributed by atoms with E-state index in [0.717, 1.165) is 55.4 Å². The van der Waals surface area contributed by atoms with Gasteiger partial charge in [-0.15, -0.1) is 0 Å². The molecule has 0 aliphatic heterocycles. The first kappa shape index (κ1) is 30.3. The standard InChI is InChI=1S/C49H30N4O/c1-4-14-32(15-5-1)47-50-48(33-16-6-2-7-17-33)52-49(51-47)39-21-12-22-44-45(39)41-30-35(25-28-43(41)54-44)34-24-27-42-40(29-34)38-26-23-31-13-10-11-20-37(31)46(38)53(42)36-18-8-3-9-19-36/h1-30H. The molecule has 0 atom stereocenters. The average Bonchev–Trinajstić information content (AvgIpc) is 3.80. The summed E-state index contributed by atoms with van der Waals surface area (Å²) >= 11 is 0. The SMILES string of the molecule is c1ccc(-c2nc(-c3ccccc3)nc(-c3cccc4oc5ccc(-c6ccc7c(c6)c6ccc8ccccc8c6n7-c6ccccc6)cc5c34)n2)cc1. The molecule has 3 heterocycles. The molecule has 3 aromatic heterocycles. The fraction of sp³-hybridized carbons (Fsp3) is 0. The van der Waals surface area contributed by atoms with Crippen LogP contribution in [-0.4, -0.2) is 19.5 Å². The van der Waals surface area contributed by atoms with Gasteiger partial charge in [0.15, 0.2) is 17.5 Å². The molecule has 0 amide bonds. The lowest BCUT2D eigenvalue weighted by Crippen LogP contribution is -2.00. The summed E-state index contributed by atoms with van der Waals surface area (Å²) < 4.78 is 8.88. The highest BCUT2D eigenvalue weighted by molar-refractivity contribution is 6.19. The summed E-state index contributed by atoms with van der Waals surface area (Å²) in [5.41, 5.74) is 10.1. The van der Waals surface area contributed by atoms with Crippen molar-refractivity contribution < 1.29 is 4.42 Å². The molecular weight excluding hydrogens is 661 g/mol. The summed E-state index contributed by atoms with van der Waals surface area (Å²) in [6, 6.07) is 63.4. The van der Waals surface area contributed by atoms with Gasteiger partial charge in [0.25, 0.3) is 0 Å². The summed E-state index contributed by atoms with van der Waals surface area (Å²) in [5.74, 6) is 1.85. The molecule has 252 valence electrons. The number of aromatic nitrogens is 4. The fourth-order valence-corrected chi connectivity index (χ4v) is 7.93. The van der Waals surface area contributed by atoms with Gasteiger partial charge in [-0.3, -0.25) is 0 Å². The Kier molecular flexibility index (Phi) is 6.79. The van der Waals surface area contributed by atoms with E-state index in [1.54, 1.807) is 0 Å². The van der Waals surface area contributed by atoms with Gasteiger partial charge in [0, 0.05) is 49.3 Å². The van der Waals surface area contributed by atoms with Crippen molar-refractivity contribution >= 4 is 54.5 Å². The number of hydrogen-bond donors (Lipinski definition) is 0. The molecule has 0 N–H and O–H groups in total. The van der Waals surface area contributed by atoms with E-state index >= 15 is 0 Å². The molecule has 5 nitrogen and oxygen atoms in total. The lowest BCUT2D eigenvalue weighted by Gasteiger charge is -2.10. The van der Waals surface area contributed by atoms with Gasteiger partial charge in [0.05, 0.1) is 11.0 Å². The first-order valence-corrected chi connectivity index (χ1v) is 18.1. The molecule has 11 aromatic rings. The second-order valence-electron chi connectivity index (χ2n) is 13.6. The number of hydrogen-bond acceptors (Lipinski definition) is 4. The molecule has 0 saturated heterocycles. The Morgan fingerprint density at radius 1 is 0.389 bits per heavy atom. The van der Waals surface area contributed by atoms with Crippen LogP contribution in [0, 0.1) is 0 Å². The molecule has 0 unspecified atom stereocenters. The van der Waals surface area contributed by atoms with Crippen LogP contribution in [-0.2, 0) is 0 Å². The van der Waals surface area contributed by atoms with Gasteiger partial charge in [0.1, 0.15) is 11.2 Å². The monoisotopic (exact) mass is 690 g/mol. The second kappa shape index (κ2) is 12.1. The third-order valence-electron chi connectivity index (χ3n) is 10.4. The summed E-state index contributed by atoms with van der Waals surface area (Å²) in [7, 11) is 0. The van der Waals surface area contributed by atoms with Crippen molar-refractivity contribution in [3.8, 4) is 51.0 Å². The first-order valence-electron chi connectivity index (χ1n) is 18.1. The largest absolute Gasteiger partial charge is 0.456 e. The average molecular weight is 691 g/mol. The Hall–Kier alpha value is -7.37. The normalized spacial score (nSPS) is 11.7. The van der Waals surface area contributed by atoms with Crippen LogP contribution in [0.2, 0.25) is 0 Å². The Balaban J connectivity index is 1.11. The molecule has 0 aliphatic carbocycles. The zero-order chi connectivity index (χ0) is 35.6. The van der Waals surface area contributed by atoms with Crippen LogP contribution in [0.3, 0.4) is 0 Å². The van der Waals surface area contributed by atoms with Crippen molar-refractivity contribution in [3.05, 3.63) is 182 Å². The second-order valence-corrected chi connectivity index (χ2v) is 13.6. The smallest absolute Gasteiger partial charge is 0.164 e. The molecule has 0 bridgehead atoms.